The molecule has 0 spiro atoms. The normalized spacial score (nSPS) is 30.6. The summed E-state index contributed by atoms with van der Waals surface area (Å²) in [4.78, 5) is 2.51. The van der Waals surface area contributed by atoms with E-state index in [0.717, 1.165) is 19.5 Å². The average molecular weight is 290 g/mol. The van der Waals surface area contributed by atoms with Crippen molar-refractivity contribution in [3.63, 3.8) is 0 Å². The van der Waals surface area contributed by atoms with Crippen LogP contribution in [0, 0.1) is 0 Å². The summed E-state index contributed by atoms with van der Waals surface area (Å²) in [6.07, 6.45) is 3.17. The molecule has 1 aromatic carbocycles. The molecule has 21 heavy (non-hydrogen) atoms. The number of benzene rings is 1. The summed E-state index contributed by atoms with van der Waals surface area (Å²) in [6.45, 7) is 5.05. The van der Waals surface area contributed by atoms with Crippen LogP contribution in [0.3, 0.4) is 0 Å². The van der Waals surface area contributed by atoms with E-state index in [1.165, 1.54) is 24.9 Å². The first-order valence-electron chi connectivity index (χ1n) is 8.03. The van der Waals surface area contributed by atoms with Crippen LogP contribution in [0.15, 0.2) is 30.3 Å². The van der Waals surface area contributed by atoms with E-state index >= 15 is 0 Å². The Morgan fingerprint density at radius 1 is 1.33 bits per heavy atom. The zero-order chi connectivity index (χ0) is 14.5. The zero-order valence-electron chi connectivity index (χ0n) is 12.6. The minimum Gasteiger partial charge on any atom is -0.386 e. The number of aliphatic hydroxyl groups is 1. The Bertz CT molecular complexity index is 432. The van der Waals surface area contributed by atoms with Crippen molar-refractivity contribution in [2.24, 2.45) is 0 Å². The van der Waals surface area contributed by atoms with Gasteiger partial charge in [-0.3, -0.25) is 4.90 Å². The Morgan fingerprint density at radius 3 is 2.95 bits per heavy atom. The molecular weight excluding hydrogens is 264 g/mol. The summed E-state index contributed by atoms with van der Waals surface area (Å²) >= 11 is 0. The number of rotatable bonds is 5. The van der Waals surface area contributed by atoms with Crippen molar-refractivity contribution in [3.8, 4) is 0 Å². The molecule has 2 atom stereocenters. The van der Waals surface area contributed by atoms with Crippen LogP contribution in [0.5, 0.6) is 0 Å². The van der Waals surface area contributed by atoms with Gasteiger partial charge in [0.15, 0.2) is 0 Å². The maximum atomic E-state index is 10.3. The SMILES string of the molecule is OC1(CNC2CCCN(Cc3ccccc3)C2)CCOC1. The highest BCUT2D eigenvalue weighted by Gasteiger charge is 2.33. The molecular formula is C17H26N2O2. The third-order valence-electron chi connectivity index (χ3n) is 4.56. The highest BCUT2D eigenvalue weighted by Crippen LogP contribution is 2.19. The van der Waals surface area contributed by atoms with Gasteiger partial charge in [-0.05, 0) is 24.9 Å². The van der Waals surface area contributed by atoms with Gasteiger partial charge < -0.3 is 15.2 Å². The van der Waals surface area contributed by atoms with Gasteiger partial charge in [0.25, 0.3) is 0 Å². The molecule has 0 radical (unpaired) electrons. The minimum absolute atomic E-state index is 0.473. The van der Waals surface area contributed by atoms with E-state index < -0.39 is 5.60 Å². The number of hydrogen-bond acceptors (Lipinski definition) is 4. The van der Waals surface area contributed by atoms with E-state index in [1.807, 2.05) is 0 Å². The van der Waals surface area contributed by atoms with Crippen molar-refractivity contribution < 1.29 is 9.84 Å². The minimum atomic E-state index is -0.651. The van der Waals surface area contributed by atoms with Gasteiger partial charge in [-0.25, -0.2) is 0 Å². The molecule has 2 aliphatic heterocycles. The smallest absolute Gasteiger partial charge is 0.102 e. The fraction of sp³-hybridized carbons (Fsp3) is 0.647. The molecule has 2 unspecified atom stereocenters. The van der Waals surface area contributed by atoms with Crippen LogP contribution in [0.4, 0.5) is 0 Å². The van der Waals surface area contributed by atoms with E-state index in [4.69, 9.17) is 4.74 Å². The van der Waals surface area contributed by atoms with Gasteiger partial charge in [-0.15, -0.1) is 0 Å². The first-order valence-corrected chi connectivity index (χ1v) is 8.03. The number of nitrogens with one attached hydrogen (secondary N) is 1. The third kappa shape index (κ3) is 4.27. The van der Waals surface area contributed by atoms with E-state index in [9.17, 15) is 5.11 Å². The Labute approximate surface area is 127 Å². The highest BCUT2D eigenvalue weighted by molar-refractivity contribution is 5.14. The van der Waals surface area contributed by atoms with Crippen LogP contribution in [0.25, 0.3) is 0 Å². The average Bonchev–Trinajstić information content (AvgIpc) is 2.94. The topological polar surface area (TPSA) is 44.7 Å². The van der Waals surface area contributed by atoms with Gasteiger partial charge in [0, 0.05) is 38.7 Å². The van der Waals surface area contributed by atoms with E-state index in [0.29, 0.717) is 25.8 Å². The van der Waals surface area contributed by atoms with E-state index in [2.05, 4.69) is 40.5 Å². The van der Waals surface area contributed by atoms with Gasteiger partial charge in [-0.1, -0.05) is 30.3 Å². The molecule has 2 fully saturated rings. The summed E-state index contributed by atoms with van der Waals surface area (Å²) in [6, 6.07) is 11.1. The zero-order valence-corrected chi connectivity index (χ0v) is 12.6. The molecule has 3 rings (SSSR count). The first-order chi connectivity index (χ1) is 10.2. The van der Waals surface area contributed by atoms with Crippen LogP contribution in [0.2, 0.25) is 0 Å². The fourth-order valence-corrected chi connectivity index (χ4v) is 3.28. The molecule has 4 heteroatoms. The first kappa shape index (κ1) is 15.0. The lowest BCUT2D eigenvalue weighted by atomic mass is 10.0. The van der Waals surface area contributed by atoms with Gasteiger partial charge >= 0.3 is 0 Å². The second-order valence-electron chi connectivity index (χ2n) is 6.47. The third-order valence-corrected chi connectivity index (χ3v) is 4.56. The summed E-state index contributed by atoms with van der Waals surface area (Å²) in [7, 11) is 0. The molecule has 2 N–H and O–H groups in total. The molecule has 4 nitrogen and oxygen atoms in total. The maximum Gasteiger partial charge on any atom is 0.102 e. The van der Waals surface area contributed by atoms with E-state index in [-0.39, 0.29) is 0 Å². The molecule has 2 aliphatic rings. The summed E-state index contributed by atoms with van der Waals surface area (Å²) in [5.74, 6) is 0. The monoisotopic (exact) mass is 290 g/mol. The second-order valence-corrected chi connectivity index (χ2v) is 6.47. The Hall–Kier alpha value is -0.940. The maximum absolute atomic E-state index is 10.3. The van der Waals surface area contributed by atoms with Crippen molar-refractivity contribution >= 4 is 0 Å². The Kier molecular flexibility index (Phi) is 4.91. The molecule has 116 valence electrons. The Morgan fingerprint density at radius 2 is 2.19 bits per heavy atom. The molecule has 0 saturated carbocycles. The summed E-state index contributed by atoms with van der Waals surface area (Å²) in [5.41, 5.74) is 0.725. The van der Waals surface area contributed by atoms with Crippen LogP contribution in [-0.2, 0) is 11.3 Å². The van der Waals surface area contributed by atoms with Crippen LogP contribution >= 0.6 is 0 Å². The largest absolute Gasteiger partial charge is 0.386 e. The summed E-state index contributed by atoms with van der Waals surface area (Å²) in [5, 5.41) is 13.9. The number of piperidine rings is 1. The molecule has 2 saturated heterocycles. The molecule has 1 aromatic rings. The fourth-order valence-electron chi connectivity index (χ4n) is 3.28. The lowest BCUT2D eigenvalue weighted by Gasteiger charge is -2.34. The lowest BCUT2D eigenvalue weighted by Crippen LogP contribution is -2.50. The standard InChI is InChI=1S/C17H26N2O2/c20-17(8-10-21-14-17)13-18-16-7-4-9-19(12-16)11-15-5-2-1-3-6-15/h1-3,5-6,16,18,20H,4,7-14H2. The van der Waals surface area contributed by atoms with Crippen molar-refractivity contribution in [3.05, 3.63) is 35.9 Å². The van der Waals surface area contributed by atoms with Gasteiger partial charge in [0.1, 0.15) is 5.60 Å². The molecule has 0 aliphatic carbocycles. The molecule has 0 amide bonds. The van der Waals surface area contributed by atoms with E-state index in [1.54, 1.807) is 0 Å². The molecule has 0 bridgehead atoms. The second kappa shape index (κ2) is 6.88. The van der Waals surface area contributed by atoms with Crippen molar-refractivity contribution in [1.82, 2.24) is 10.2 Å². The van der Waals surface area contributed by atoms with Gasteiger partial charge in [0.05, 0.1) is 6.61 Å². The quantitative estimate of drug-likeness (QED) is 0.860. The number of likely N-dealkylation sites (tertiary alicyclic amines) is 1. The van der Waals surface area contributed by atoms with Crippen LogP contribution < -0.4 is 5.32 Å². The van der Waals surface area contributed by atoms with Crippen LogP contribution in [0.1, 0.15) is 24.8 Å². The van der Waals surface area contributed by atoms with Gasteiger partial charge in [0.2, 0.25) is 0 Å². The predicted molar refractivity (Wildman–Crippen MR) is 83.1 cm³/mol. The predicted octanol–water partition coefficient (Wildman–Crippen LogP) is 1.39. The number of hydrogen-bond donors (Lipinski definition) is 2. The molecule has 0 aromatic heterocycles. The number of nitrogens with zero attached hydrogens (tertiary/aromatic N) is 1. The van der Waals surface area contributed by atoms with Crippen molar-refractivity contribution in [1.29, 1.82) is 0 Å². The van der Waals surface area contributed by atoms with Crippen molar-refractivity contribution in [2.45, 2.75) is 37.5 Å². The lowest BCUT2D eigenvalue weighted by molar-refractivity contribution is 0.0219. The van der Waals surface area contributed by atoms with Crippen molar-refractivity contribution in [2.75, 3.05) is 32.8 Å². The highest BCUT2D eigenvalue weighted by atomic mass is 16.5. The molecule has 2 heterocycles. The van der Waals surface area contributed by atoms with Crippen LogP contribution in [-0.4, -0.2) is 54.5 Å². The summed E-state index contributed by atoms with van der Waals surface area (Å²) < 4.78 is 5.30. The van der Waals surface area contributed by atoms with Gasteiger partial charge in [-0.2, -0.15) is 0 Å². The number of ether oxygens (including phenoxy) is 1. The Balaban J connectivity index is 1.47.